The molecule has 0 saturated carbocycles. The molecule has 2 N–H and O–H groups in total. The first-order chi connectivity index (χ1) is 13.3. The number of para-hydroxylation sites is 1. The maximum Gasteiger partial charge on any atom is 0.252 e. The van der Waals surface area contributed by atoms with Crippen LogP contribution in [-0.2, 0) is 4.74 Å². The van der Waals surface area contributed by atoms with Crippen molar-refractivity contribution in [2.45, 2.75) is 6.42 Å². The van der Waals surface area contributed by atoms with Crippen LogP contribution in [0, 0.1) is 0 Å². The number of carbonyl (C=O) groups is 1. The topological polar surface area (TPSA) is 55.7 Å². The Morgan fingerprint density at radius 1 is 1.19 bits per heavy atom. The number of fused-ring (bicyclic) bond motifs is 1. The first-order valence-corrected chi connectivity index (χ1v) is 10.3. The van der Waals surface area contributed by atoms with Crippen molar-refractivity contribution in [2.75, 3.05) is 39.4 Å². The minimum absolute atomic E-state index is 0.0246. The van der Waals surface area contributed by atoms with Crippen molar-refractivity contribution in [1.82, 2.24) is 10.3 Å². The van der Waals surface area contributed by atoms with E-state index in [9.17, 15) is 4.79 Å². The fourth-order valence-corrected chi connectivity index (χ4v) is 4.15. The van der Waals surface area contributed by atoms with Gasteiger partial charge in [0.2, 0.25) is 0 Å². The zero-order valence-electron chi connectivity index (χ0n) is 15.2. The van der Waals surface area contributed by atoms with Crippen LogP contribution in [0.5, 0.6) is 0 Å². The molecule has 0 radical (unpaired) electrons. The zero-order valence-corrected chi connectivity index (χ0v) is 16.1. The largest absolute Gasteiger partial charge is 0.370 e. The fourth-order valence-electron chi connectivity index (χ4n) is 3.46. The Labute approximate surface area is 163 Å². The Hall–Kier alpha value is -2.28. The Balaban J connectivity index is 1.47. The first-order valence-electron chi connectivity index (χ1n) is 9.44. The van der Waals surface area contributed by atoms with Crippen LogP contribution in [0.2, 0.25) is 0 Å². The number of carbonyl (C=O) groups excluding carboxylic acids is 1. The average Bonchev–Trinajstić information content (AvgIpc) is 3.26. The van der Waals surface area contributed by atoms with Crippen LogP contribution in [0.4, 0.5) is 0 Å². The summed E-state index contributed by atoms with van der Waals surface area (Å²) < 4.78 is 5.39. The standard InChI is InChI=1S/C21H23N3O2S/c25-21(22-8-4-9-24-10-12-26-13-11-24)17-15-19(20-7-3-14-27-20)23-18-6-2-1-5-16(17)18/h1-3,5-7,14-15H,4,8-13H2,(H,22,25)/p+1. The molecule has 140 valence electrons. The molecule has 1 aliphatic rings. The second-order valence-corrected chi connectivity index (χ2v) is 7.72. The molecule has 27 heavy (non-hydrogen) atoms. The first kappa shape index (κ1) is 18.1. The maximum atomic E-state index is 12.9. The lowest BCUT2D eigenvalue weighted by Crippen LogP contribution is -3.14. The van der Waals surface area contributed by atoms with Gasteiger partial charge in [-0.2, -0.15) is 0 Å². The SMILES string of the molecule is O=C(NCCC[NH+]1CCOCC1)c1cc(-c2cccs2)nc2ccccc12. The summed E-state index contributed by atoms with van der Waals surface area (Å²) in [6.45, 7) is 5.57. The van der Waals surface area contributed by atoms with Crippen molar-refractivity contribution in [3.63, 3.8) is 0 Å². The minimum Gasteiger partial charge on any atom is -0.370 e. The minimum atomic E-state index is -0.0246. The summed E-state index contributed by atoms with van der Waals surface area (Å²) in [6.07, 6.45) is 0.974. The van der Waals surface area contributed by atoms with Gasteiger partial charge in [0.15, 0.2) is 0 Å². The lowest BCUT2D eigenvalue weighted by atomic mass is 10.1. The number of amides is 1. The number of nitrogens with one attached hydrogen (secondary N) is 2. The zero-order chi connectivity index (χ0) is 18.5. The second-order valence-electron chi connectivity index (χ2n) is 6.77. The van der Waals surface area contributed by atoms with Gasteiger partial charge in [0.05, 0.1) is 41.4 Å². The molecule has 1 aromatic carbocycles. The van der Waals surface area contributed by atoms with Gasteiger partial charge >= 0.3 is 0 Å². The molecular formula is C21H24N3O2S+. The van der Waals surface area contributed by atoms with E-state index < -0.39 is 0 Å². The van der Waals surface area contributed by atoms with Crippen LogP contribution >= 0.6 is 11.3 Å². The molecule has 6 heteroatoms. The van der Waals surface area contributed by atoms with Crippen molar-refractivity contribution in [3.05, 3.63) is 53.4 Å². The van der Waals surface area contributed by atoms with Crippen molar-refractivity contribution in [3.8, 4) is 10.6 Å². The highest BCUT2D eigenvalue weighted by atomic mass is 32.1. The van der Waals surface area contributed by atoms with Crippen molar-refractivity contribution >= 4 is 28.1 Å². The number of nitrogens with zero attached hydrogens (tertiary/aromatic N) is 1. The van der Waals surface area contributed by atoms with Gasteiger partial charge in [0.25, 0.3) is 5.91 Å². The molecular weight excluding hydrogens is 358 g/mol. The van der Waals surface area contributed by atoms with E-state index in [0.29, 0.717) is 12.1 Å². The highest BCUT2D eigenvalue weighted by molar-refractivity contribution is 7.13. The number of ether oxygens (including phenoxy) is 1. The van der Waals surface area contributed by atoms with Crippen molar-refractivity contribution in [2.24, 2.45) is 0 Å². The molecule has 0 spiro atoms. The number of aromatic nitrogens is 1. The van der Waals surface area contributed by atoms with Gasteiger partial charge in [0.1, 0.15) is 13.1 Å². The maximum absolute atomic E-state index is 12.9. The lowest BCUT2D eigenvalue weighted by Gasteiger charge is -2.23. The number of rotatable bonds is 6. The Bertz CT molecular complexity index is 905. The van der Waals surface area contributed by atoms with E-state index >= 15 is 0 Å². The Kier molecular flexibility index (Phi) is 5.77. The van der Waals surface area contributed by atoms with E-state index in [-0.39, 0.29) is 5.91 Å². The van der Waals surface area contributed by atoms with Crippen molar-refractivity contribution in [1.29, 1.82) is 0 Å². The van der Waals surface area contributed by atoms with Crippen molar-refractivity contribution < 1.29 is 14.4 Å². The van der Waals surface area contributed by atoms with Crippen LogP contribution in [0.25, 0.3) is 21.5 Å². The highest BCUT2D eigenvalue weighted by Gasteiger charge is 2.15. The number of benzene rings is 1. The molecule has 1 fully saturated rings. The van der Waals surface area contributed by atoms with Crippen LogP contribution in [-0.4, -0.2) is 50.3 Å². The number of hydrogen-bond donors (Lipinski definition) is 2. The number of hydrogen-bond acceptors (Lipinski definition) is 4. The Morgan fingerprint density at radius 3 is 2.85 bits per heavy atom. The molecule has 0 unspecified atom stereocenters. The molecule has 1 amide bonds. The normalized spacial score (nSPS) is 15.1. The Morgan fingerprint density at radius 2 is 2.04 bits per heavy atom. The molecule has 0 bridgehead atoms. The molecule has 0 aliphatic carbocycles. The predicted octanol–water partition coefficient (Wildman–Crippen LogP) is 2.00. The third kappa shape index (κ3) is 4.35. The smallest absolute Gasteiger partial charge is 0.252 e. The predicted molar refractivity (Wildman–Crippen MR) is 108 cm³/mol. The third-order valence-corrected chi connectivity index (χ3v) is 5.82. The second kappa shape index (κ2) is 8.61. The van der Waals surface area contributed by atoms with Gasteiger partial charge in [0, 0.05) is 18.4 Å². The molecule has 4 rings (SSSR count). The van der Waals surface area contributed by atoms with E-state index in [0.717, 1.165) is 60.7 Å². The summed E-state index contributed by atoms with van der Waals surface area (Å²) in [4.78, 5) is 20.2. The third-order valence-electron chi connectivity index (χ3n) is 4.93. The van der Waals surface area contributed by atoms with Crippen LogP contribution in [0.15, 0.2) is 47.8 Å². The van der Waals surface area contributed by atoms with E-state index in [2.05, 4.69) is 5.32 Å². The molecule has 1 saturated heterocycles. The molecule has 2 aromatic heterocycles. The van der Waals surface area contributed by atoms with E-state index in [1.165, 1.54) is 0 Å². The van der Waals surface area contributed by atoms with Crippen LogP contribution in [0.3, 0.4) is 0 Å². The van der Waals surface area contributed by atoms with Gasteiger partial charge in [-0.05, 0) is 23.6 Å². The summed E-state index contributed by atoms with van der Waals surface area (Å²) >= 11 is 1.64. The number of quaternary nitrogens is 1. The quantitative estimate of drug-likeness (QED) is 0.641. The van der Waals surface area contributed by atoms with Gasteiger partial charge in [-0.15, -0.1) is 11.3 Å². The van der Waals surface area contributed by atoms with Gasteiger partial charge < -0.3 is 15.0 Å². The summed E-state index contributed by atoms with van der Waals surface area (Å²) in [5.74, 6) is -0.0246. The lowest BCUT2D eigenvalue weighted by molar-refractivity contribution is -0.908. The monoisotopic (exact) mass is 382 g/mol. The fraction of sp³-hybridized carbons (Fsp3) is 0.333. The average molecular weight is 383 g/mol. The van der Waals surface area contributed by atoms with E-state index in [1.54, 1.807) is 16.2 Å². The number of thiophene rings is 1. The highest BCUT2D eigenvalue weighted by Crippen LogP contribution is 2.27. The van der Waals surface area contributed by atoms with Gasteiger partial charge in [-0.3, -0.25) is 4.79 Å². The summed E-state index contributed by atoms with van der Waals surface area (Å²) in [7, 11) is 0. The summed E-state index contributed by atoms with van der Waals surface area (Å²) in [6, 6.07) is 13.8. The number of pyridine rings is 1. The molecule has 5 nitrogen and oxygen atoms in total. The van der Waals surface area contributed by atoms with E-state index in [4.69, 9.17) is 9.72 Å². The van der Waals surface area contributed by atoms with Gasteiger partial charge in [-0.1, -0.05) is 24.3 Å². The summed E-state index contributed by atoms with van der Waals surface area (Å²) in [5.41, 5.74) is 2.40. The number of morpholine rings is 1. The van der Waals surface area contributed by atoms with Crippen LogP contribution in [0.1, 0.15) is 16.8 Å². The van der Waals surface area contributed by atoms with Crippen LogP contribution < -0.4 is 10.2 Å². The molecule has 0 atom stereocenters. The molecule has 3 aromatic rings. The molecule has 3 heterocycles. The van der Waals surface area contributed by atoms with E-state index in [1.807, 2.05) is 47.8 Å². The molecule has 1 aliphatic heterocycles. The summed E-state index contributed by atoms with van der Waals surface area (Å²) in [5, 5.41) is 6.02. The van der Waals surface area contributed by atoms with Gasteiger partial charge in [-0.25, -0.2) is 4.98 Å².